The molecule has 0 bridgehead atoms. The Morgan fingerprint density at radius 1 is 1.28 bits per heavy atom. The number of piperidine rings is 1. The molecule has 7 nitrogen and oxygen atoms in total. The number of rotatable bonds is 5. The molecule has 1 aliphatic heterocycles. The highest BCUT2D eigenvalue weighted by atomic mass is 32.2. The lowest BCUT2D eigenvalue weighted by Gasteiger charge is -2.30. The molecule has 0 saturated carbocycles. The van der Waals surface area contributed by atoms with Crippen molar-refractivity contribution in [2.75, 3.05) is 26.0 Å². The molecule has 3 aromatic rings. The van der Waals surface area contributed by atoms with Gasteiger partial charge in [-0.1, -0.05) is 0 Å². The highest BCUT2D eigenvalue weighted by Crippen LogP contribution is 2.31. The minimum atomic E-state index is -3.23. The second kappa shape index (κ2) is 7.72. The van der Waals surface area contributed by atoms with Crippen LogP contribution in [0, 0.1) is 5.82 Å². The van der Waals surface area contributed by atoms with Crippen molar-refractivity contribution in [3.05, 3.63) is 48.2 Å². The molecule has 4 rings (SSSR count). The van der Waals surface area contributed by atoms with Crippen LogP contribution in [0.2, 0.25) is 0 Å². The Bertz CT molecular complexity index is 1150. The summed E-state index contributed by atoms with van der Waals surface area (Å²) in [6.45, 7) is 2.60. The zero-order chi connectivity index (χ0) is 20.6. The van der Waals surface area contributed by atoms with Gasteiger partial charge in [0.1, 0.15) is 11.6 Å². The molecule has 3 heterocycles. The van der Waals surface area contributed by atoms with Crippen molar-refractivity contribution in [3.63, 3.8) is 0 Å². The van der Waals surface area contributed by atoms with Gasteiger partial charge in [-0.3, -0.25) is 0 Å². The predicted octanol–water partition coefficient (Wildman–Crippen LogP) is 3.07. The first-order valence-corrected chi connectivity index (χ1v) is 11.2. The topological polar surface area (TPSA) is 76.8 Å². The minimum absolute atomic E-state index is 0.0443. The lowest BCUT2D eigenvalue weighted by atomic mass is 9.99. The normalized spacial score (nSPS) is 18.2. The number of ether oxygens (including phenoxy) is 1. The summed E-state index contributed by atoms with van der Waals surface area (Å²) in [5.41, 5.74) is 2.04. The Kier molecular flexibility index (Phi) is 5.26. The van der Waals surface area contributed by atoms with Crippen LogP contribution in [-0.2, 0) is 10.0 Å². The molecule has 0 amide bonds. The lowest BCUT2D eigenvalue weighted by molar-refractivity contribution is 0.309. The van der Waals surface area contributed by atoms with Crippen molar-refractivity contribution >= 4 is 15.7 Å². The Morgan fingerprint density at radius 3 is 2.86 bits per heavy atom. The van der Waals surface area contributed by atoms with E-state index in [4.69, 9.17) is 4.74 Å². The molecule has 9 heteroatoms. The van der Waals surface area contributed by atoms with E-state index in [1.807, 2.05) is 12.1 Å². The van der Waals surface area contributed by atoms with Crippen LogP contribution in [-0.4, -0.2) is 53.3 Å². The van der Waals surface area contributed by atoms with Gasteiger partial charge in [0.25, 0.3) is 0 Å². The molecule has 0 aliphatic carbocycles. The van der Waals surface area contributed by atoms with E-state index in [9.17, 15) is 12.8 Å². The molecule has 154 valence electrons. The van der Waals surface area contributed by atoms with Crippen LogP contribution in [0.5, 0.6) is 5.75 Å². The number of benzene rings is 1. The van der Waals surface area contributed by atoms with Crippen LogP contribution in [0.3, 0.4) is 0 Å². The summed E-state index contributed by atoms with van der Waals surface area (Å²) in [5.74, 6) is 0.900. The Labute approximate surface area is 169 Å². The van der Waals surface area contributed by atoms with Gasteiger partial charge >= 0.3 is 0 Å². The van der Waals surface area contributed by atoms with Gasteiger partial charge in [-0.25, -0.2) is 26.6 Å². The van der Waals surface area contributed by atoms with Crippen LogP contribution in [0.25, 0.3) is 16.8 Å². The number of hydrogen-bond donors (Lipinski definition) is 0. The van der Waals surface area contributed by atoms with Gasteiger partial charge < -0.3 is 4.74 Å². The van der Waals surface area contributed by atoms with Crippen molar-refractivity contribution in [2.24, 2.45) is 0 Å². The van der Waals surface area contributed by atoms with E-state index in [0.29, 0.717) is 35.9 Å². The number of pyridine rings is 1. The second-order valence-electron chi connectivity index (χ2n) is 7.13. The first kappa shape index (κ1) is 19.8. The minimum Gasteiger partial charge on any atom is -0.496 e. The van der Waals surface area contributed by atoms with Crippen molar-refractivity contribution in [2.45, 2.75) is 25.7 Å². The zero-order valence-corrected chi connectivity index (χ0v) is 17.2. The fourth-order valence-corrected chi connectivity index (χ4v) is 4.91. The number of sulfonamides is 1. The van der Waals surface area contributed by atoms with Crippen LogP contribution in [0.15, 0.2) is 36.5 Å². The fourth-order valence-electron chi connectivity index (χ4n) is 3.73. The number of hydrogen-bond acceptors (Lipinski definition) is 5. The molecule has 0 N–H and O–H groups in total. The number of fused-ring (bicyclic) bond motifs is 1. The molecule has 1 saturated heterocycles. The van der Waals surface area contributed by atoms with Gasteiger partial charge in [0.15, 0.2) is 11.5 Å². The summed E-state index contributed by atoms with van der Waals surface area (Å²) < 4.78 is 46.7. The molecular formula is C20H23FN4O3S. The molecule has 1 atom stereocenters. The third-order valence-electron chi connectivity index (χ3n) is 5.33. The van der Waals surface area contributed by atoms with E-state index in [0.717, 1.165) is 18.4 Å². The summed E-state index contributed by atoms with van der Waals surface area (Å²) in [6.07, 6.45) is 3.41. The van der Waals surface area contributed by atoms with Crippen molar-refractivity contribution < 1.29 is 17.5 Å². The van der Waals surface area contributed by atoms with Crippen LogP contribution >= 0.6 is 0 Å². The van der Waals surface area contributed by atoms with E-state index in [1.54, 1.807) is 30.8 Å². The smallest absolute Gasteiger partial charge is 0.213 e. The summed E-state index contributed by atoms with van der Waals surface area (Å²) >= 11 is 0. The van der Waals surface area contributed by atoms with Gasteiger partial charge in [0, 0.05) is 36.3 Å². The van der Waals surface area contributed by atoms with Gasteiger partial charge in [-0.15, -0.1) is 0 Å². The van der Waals surface area contributed by atoms with E-state index in [2.05, 4.69) is 10.1 Å². The van der Waals surface area contributed by atoms with Gasteiger partial charge in [0.2, 0.25) is 10.0 Å². The molecular weight excluding hydrogens is 395 g/mol. The number of methoxy groups -OCH3 is 1. The molecule has 0 radical (unpaired) electrons. The molecule has 29 heavy (non-hydrogen) atoms. The van der Waals surface area contributed by atoms with E-state index >= 15 is 0 Å². The summed E-state index contributed by atoms with van der Waals surface area (Å²) in [6, 6.07) is 8.03. The molecule has 1 aliphatic rings. The molecule has 2 aromatic heterocycles. The largest absolute Gasteiger partial charge is 0.496 e. The maximum absolute atomic E-state index is 13.7. The Balaban J connectivity index is 1.67. The average Bonchev–Trinajstić information content (AvgIpc) is 3.17. The van der Waals surface area contributed by atoms with Crippen LogP contribution in [0.4, 0.5) is 4.39 Å². The van der Waals surface area contributed by atoms with Gasteiger partial charge in [0.05, 0.1) is 12.9 Å². The highest BCUT2D eigenvalue weighted by Gasteiger charge is 2.30. The maximum Gasteiger partial charge on any atom is 0.213 e. The third-order valence-corrected chi connectivity index (χ3v) is 7.18. The van der Waals surface area contributed by atoms with Crippen LogP contribution < -0.4 is 4.74 Å². The SMILES string of the molecule is CCS(=O)(=O)N1CCC[C@H](c2nc3ccc(-c4cc(F)ccc4OC)cn3n2)C1. The summed E-state index contributed by atoms with van der Waals surface area (Å²) in [5, 5.41) is 4.59. The van der Waals surface area contributed by atoms with Crippen molar-refractivity contribution in [1.82, 2.24) is 18.9 Å². The maximum atomic E-state index is 13.7. The lowest BCUT2D eigenvalue weighted by Crippen LogP contribution is -2.40. The zero-order valence-electron chi connectivity index (χ0n) is 16.4. The Morgan fingerprint density at radius 2 is 2.10 bits per heavy atom. The summed E-state index contributed by atoms with van der Waals surface area (Å²) in [4.78, 5) is 4.60. The second-order valence-corrected chi connectivity index (χ2v) is 9.39. The monoisotopic (exact) mass is 418 g/mol. The Hall–Kier alpha value is -2.52. The fraction of sp³-hybridized carbons (Fsp3) is 0.400. The molecule has 1 aromatic carbocycles. The quantitative estimate of drug-likeness (QED) is 0.636. The van der Waals surface area contributed by atoms with E-state index in [-0.39, 0.29) is 17.5 Å². The van der Waals surface area contributed by atoms with Gasteiger partial charge in [-0.2, -0.15) is 5.10 Å². The number of aromatic nitrogens is 3. The standard InChI is InChI=1S/C20H23FN4O3S/c1-3-29(26,27)24-10-4-5-15(12-24)20-22-19-9-6-14(13-25(19)23-20)17-11-16(21)7-8-18(17)28-2/h6-9,11,13,15H,3-5,10,12H2,1-2H3/t15-/m0/s1. The number of halogens is 1. The third kappa shape index (κ3) is 3.84. The molecule has 1 fully saturated rings. The number of nitrogens with zero attached hydrogens (tertiary/aromatic N) is 4. The van der Waals surface area contributed by atoms with E-state index < -0.39 is 10.0 Å². The molecule has 0 unspecified atom stereocenters. The molecule has 0 spiro atoms. The van der Waals surface area contributed by atoms with Crippen LogP contribution in [0.1, 0.15) is 31.5 Å². The average molecular weight is 418 g/mol. The van der Waals surface area contributed by atoms with Crippen molar-refractivity contribution in [1.29, 1.82) is 0 Å². The first-order valence-electron chi connectivity index (χ1n) is 9.59. The van der Waals surface area contributed by atoms with Gasteiger partial charge in [-0.05, 0) is 50.1 Å². The predicted molar refractivity (Wildman–Crippen MR) is 108 cm³/mol. The first-order chi connectivity index (χ1) is 13.9. The highest BCUT2D eigenvalue weighted by molar-refractivity contribution is 7.89. The van der Waals surface area contributed by atoms with Crippen molar-refractivity contribution in [3.8, 4) is 16.9 Å². The summed E-state index contributed by atoms with van der Waals surface area (Å²) in [7, 11) is -1.68. The van der Waals surface area contributed by atoms with E-state index in [1.165, 1.54) is 16.4 Å².